The van der Waals surface area contributed by atoms with E-state index in [1.807, 2.05) is 59.3 Å². The molecule has 9 heteroatoms. The molecule has 0 spiro atoms. The lowest BCUT2D eigenvalue weighted by molar-refractivity contribution is 0.199. The van der Waals surface area contributed by atoms with Crippen LogP contribution in [0.1, 0.15) is 10.6 Å². The van der Waals surface area contributed by atoms with E-state index < -0.39 is 6.23 Å². The van der Waals surface area contributed by atoms with E-state index in [4.69, 9.17) is 12.2 Å². The van der Waals surface area contributed by atoms with Gasteiger partial charge in [0.2, 0.25) is 5.88 Å². The van der Waals surface area contributed by atoms with Gasteiger partial charge in [-0.3, -0.25) is 4.57 Å². The van der Waals surface area contributed by atoms with Crippen molar-refractivity contribution in [2.75, 3.05) is 24.3 Å². The van der Waals surface area contributed by atoms with Crippen molar-refractivity contribution in [3.8, 4) is 11.6 Å². The third-order valence-corrected chi connectivity index (χ3v) is 6.91. The van der Waals surface area contributed by atoms with Gasteiger partial charge in [0.1, 0.15) is 12.0 Å². The lowest BCUT2D eigenvalue weighted by Gasteiger charge is -2.17. The van der Waals surface area contributed by atoms with Gasteiger partial charge in [-0.05, 0) is 78.6 Å². The Labute approximate surface area is 207 Å². The minimum atomic E-state index is -0.956. The highest BCUT2D eigenvalue weighted by molar-refractivity contribution is 7.71. The zero-order valence-corrected chi connectivity index (χ0v) is 20.6. The smallest absolute Gasteiger partial charge is 0.218 e. The number of aryl methyl sites for hydroxylation is 1. The highest BCUT2D eigenvalue weighted by Gasteiger charge is 2.21. The van der Waals surface area contributed by atoms with Gasteiger partial charge in [-0.2, -0.15) is 0 Å². The van der Waals surface area contributed by atoms with Crippen LogP contribution in [0.25, 0.3) is 5.69 Å². The van der Waals surface area contributed by atoms with Gasteiger partial charge < -0.3 is 25.0 Å². The fourth-order valence-electron chi connectivity index (χ4n) is 3.79. The monoisotopic (exact) mass is 498 g/mol. The Morgan fingerprint density at radius 2 is 1.79 bits per heavy atom. The summed E-state index contributed by atoms with van der Waals surface area (Å²) in [7, 11) is 3.93. The molecule has 0 fully saturated rings. The first-order chi connectivity index (χ1) is 16.3. The zero-order valence-electron chi connectivity index (χ0n) is 19.0. The summed E-state index contributed by atoms with van der Waals surface area (Å²) in [6, 6.07) is 17.5. The van der Waals surface area contributed by atoms with Gasteiger partial charge in [0.05, 0.1) is 11.4 Å². The Morgan fingerprint density at radius 3 is 2.41 bits per heavy atom. The van der Waals surface area contributed by atoms with Crippen molar-refractivity contribution in [3.63, 3.8) is 0 Å². The number of aliphatic hydroxyl groups is 1. The predicted molar refractivity (Wildman–Crippen MR) is 138 cm³/mol. The van der Waals surface area contributed by atoms with Crippen molar-refractivity contribution in [3.05, 3.63) is 87.2 Å². The summed E-state index contributed by atoms with van der Waals surface area (Å²) in [6.07, 6.45) is -0.0900. The fraction of sp³-hybridized carbons (Fsp3) is 0.240. The van der Waals surface area contributed by atoms with Gasteiger partial charge in [0.15, 0.2) is 4.77 Å². The predicted octanol–water partition coefficient (Wildman–Crippen LogP) is 5.20. The average Bonchev–Trinajstić information content (AvgIpc) is 3.40. The lowest BCUT2D eigenvalue weighted by atomic mass is 10.2. The van der Waals surface area contributed by atoms with E-state index in [9.17, 15) is 14.6 Å². The number of hydrogen-bond donors (Lipinski definition) is 3. The van der Waals surface area contributed by atoms with E-state index in [0.29, 0.717) is 22.7 Å². The van der Waals surface area contributed by atoms with Crippen molar-refractivity contribution >= 4 is 34.9 Å². The first-order valence-electron chi connectivity index (χ1n) is 10.9. The van der Waals surface area contributed by atoms with Crippen LogP contribution in [-0.2, 0) is 19.4 Å². The van der Waals surface area contributed by atoms with Gasteiger partial charge >= 0.3 is 0 Å². The average molecular weight is 499 g/mol. The molecule has 3 N–H and O–H groups in total. The molecule has 1 atom stereocenters. The molecule has 4 aromatic rings. The van der Waals surface area contributed by atoms with Crippen molar-refractivity contribution in [2.45, 2.75) is 25.6 Å². The molecule has 2 aromatic heterocycles. The molecule has 0 saturated carbocycles. The summed E-state index contributed by atoms with van der Waals surface area (Å²) >= 11 is 7.36. The van der Waals surface area contributed by atoms with Crippen LogP contribution in [0.4, 0.5) is 15.8 Å². The summed E-state index contributed by atoms with van der Waals surface area (Å²) in [5.41, 5.74) is 2.88. The van der Waals surface area contributed by atoms with Crippen LogP contribution in [0, 0.1) is 10.6 Å². The summed E-state index contributed by atoms with van der Waals surface area (Å²) in [5, 5.41) is 27.0. The Hall–Kier alpha value is -3.14. The number of benzene rings is 2. The molecule has 0 amide bonds. The maximum absolute atomic E-state index is 13.5. The molecule has 0 aliphatic rings. The second-order valence-corrected chi connectivity index (χ2v) is 9.55. The van der Waals surface area contributed by atoms with E-state index >= 15 is 0 Å². The normalized spacial score (nSPS) is 12.0. The first-order valence-corrected chi connectivity index (χ1v) is 12.2. The first kappa shape index (κ1) is 24.0. The Kier molecular flexibility index (Phi) is 7.35. The molecule has 0 aliphatic heterocycles. The summed E-state index contributed by atoms with van der Waals surface area (Å²) < 4.78 is 17.2. The number of nitrogens with zero attached hydrogens (tertiary/aromatic N) is 3. The third-order valence-electron chi connectivity index (χ3n) is 5.57. The number of aromatic nitrogens is 2. The standard InChI is InChI=1S/C25H27FN4O2S2/c1-28(2)19-11-7-18(8-12-19)27-23(31)16-22-24(32)30(20-9-5-17(26)6-10-20)25(33)29(22)14-13-21-4-3-15-34-21/h3-12,15,23,27,31-32H,13-14,16H2,1-2H3. The van der Waals surface area contributed by atoms with Gasteiger partial charge in [0.25, 0.3) is 0 Å². The number of rotatable bonds is 9. The Morgan fingerprint density at radius 1 is 1.09 bits per heavy atom. The van der Waals surface area contributed by atoms with E-state index in [1.165, 1.54) is 21.6 Å². The van der Waals surface area contributed by atoms with Gasteiger partial charge in [-0.25, -0.2) is 4.39 Å². The largest absolute Gasteiger partial charge is 0.493 e. The van der Waals surface area contributed by atoms with Crippen molar-refractivity contribution in [1.82, 2.24) is 9.13 Å². The van der Waals surface area contributed by atoms with Gasteiger partial charge in [0, 0.05) is 43.3 Å². The number of hydrogen-bond acceptors (Lipinski definition) is 6. The van der Waals surface area contributed by atoms with Crippen LogP contribution >= 0.6 is 23.6 Å². The van der Waals surface area contributed by atoms with Crippen molar-refractivity contribution in [1.29, 1.82) is 0 Å². The van der Waals surface area contributed by atoms with Crippen LogP contribution < -0.4 is 10.2 Å². The third kappa shape index (κ3) is 5.32. The molecular weight excluding hydrogens is 471 g/mol. The maximum atomic E-state index is 13.5. The van der Waals surface area contributed by atoms with Crippen LogP contribution in [0.2, 0.25) is 0 Å². The van der Waals surface area contributed by atoms with E-state index in [2.05, 4.69) is 11.4 Å². The Balaban J connectivity index is 1.62. The van der Waals surface area contributed by atoms with Gasteiger partial charge in [-0.15, -0.1) is 11.3 Å². The molecule has 4 rings (SSSR count). The highest BCUT2D eigenvalue weighted by atomic mass is 32.1. The van der Waals surface area contributed by atoms with E-state index in [-0.39, 0.29) is 18.1 Å². The van der Waals surface area contributed by atoms with Crippen LogP contribution in [0.15, 0.2) is 66.0 Å². The van der Waals surface area contributed by atoms with E-state index in [1.54, 1.807) is 23.5 Å². The molecule has 0 saturated heterocycles. The zero-order chi connectivity index (χ0) is 24.2. The van der Waals surface area contributed by atoms with Crippen molar-refractivity contribution < 1.29 is 14.6 Å². The second kappa shape index (κ2) is 10.4. The molecule has 1 unspecified atom stereocenters. The number of halogens is 1. The van der Waals surface area contributed by atoms with Crippen LogP contribution in [0.5, 0.6) is 5.88 Å². The minimum Gasteiger partial charge on any atom is -0.493 e. The molecule has 0 radical (unpaired) electrons. The molecule has 0 bridgehead atoms. The minimum absolute atomic E-state index is 0.0633. The summed E-state index contributed by atoms with van der Waals surface area (Å²) in [6.45, 7) is 0.542. The van der Waals surface area contributed by atoms with Crippen LogP contribution in [-0.4, -0.2) is 39.7 Å². The summed E-state index contributed by atoms with van der Waals surface area (Å²) in [5.74, 6) is -0.432. The van der Waals surface area contributed by atoms with Gasteiger partial charge in [-0.1, -0.05) is 6.07 Å². The molecule has 2 heterocycles. The number of aromatic hydroxyl groups is 1. The topological polar surface area (TPSA) is 65.6 Å². The molecule has 6 nitrogen and oxygen atoms in total. The number of anilines is 2. The molecule has 2 aromatic carbocycles. The molecule has 178 valence electrons. The number of aliphatic hydroxyl groups excluding tert-OH is 1. The maximum Gasteiger partial charge on any atom is 0.218 e. The molecule has 34 heavy (non-hydrogen) atoms. The molecule has 0 aliphatic carbocycles. The number of nitrogens with one attached hydrogen (secondary N) is 1. The Bertz CT molecular complexity index is 1280. The number of imidazole rings is 1. The van der Waals surface area contributed by atoms with Crippen molar-refractivity contribution in [2.24, 2.45) is 0 Å². The summed E-state index contributed by atoms with van der Waals surface area (Å²) in [4.78, 5) is 3.19. The highest BCUT2D eigenvalue weighted by Crippen LogP contribution is 2.28. The van der Waals surface area contributed by atoms with E-state index in [0.717, 1.165) is 17.8 Å². The fourth-order valence-corrected chi connectivity index (χ4v) is 4.88. The molecular formula is C25H27FN4O2S2. The number of thiophene rings is 1. The second-order valence-electron chi connectivity index (χ2n) is 8.15. The SMILES string of the molecule is CN(C)c1ccc(NC(O)Cc2c(O)n(-c3ccc(F)cc3)c(=S)n2CCc2cccs2)cc1. The lowest BCUT2D eigenvalue weighted by Crippen LogP contribution is -2.23. The quantitative estimate of drug-likeness (QED) is 0.219. The van der Waals surface area contributed by atoms with Crippen LogP contribution in [0.3, 0.4) is 0 Å².